The summed E-state index contributed by atoms with van der Waals surface area (Å²) in [5, 5.41) is 1.15. The van der Waals surface area contributed by atoms with Gasteiger partial charge in [-0.3, -0.25) is 4.57 Å². The number of fused-ring (bicyclic) bond motifs is 1. The molecule has 3 nitrogen and oxygen atoms in total. The maximum absolute atomic E-state index is 6.15. The van der Waals surface area contributed by atoms with Crippen molar-refractivity contribution in [3.05, 3.63) is 50.8 Å². The highest BCUT2D eigenvalue weighted by molar-refractivity contribution is 9.10. The van der Waals surface area contributed by atoms with Gasteiger partial charge in [-0.15, -0.1) is 11.6 Å². The van der Waals surface area contributed by atoms with Gasteiger partial charge in [-0.1, -0.05) is 29.3 Å². The standard InChI is InChI=1S/C13H7BrCl3N3/c14-12-8(17)2-1-3-10(12)20-11(5-15)19-9-4-7(16)6-18-13(9)20/h1-4,6H,5H2. The monoisotopic (exact) mass is 389 g/mol. The van der Waals surface area contributed by atoms with E-state index in [0.29, 0.717) is 27.0 Å². The highest BCUT2D eigenvalue weighted by atomic mass is 79.9. The first-order chi connectivity index (χ1) is 9.61. The fraction of sp³-hybridized carbons (Fsp3) is 0.0769. The summed E-state index contributed by atoms with van der Waals surface area (Å²) in [4.78, 5) is 8.80. The average Bonchev–Trinajstić information content (AvgIpc) is 2.79. The van der Waals surface area contributed by atoms with Crippen LogP contribution in [0.2, 0.25) is 10.0 Å². The summed E-state index contributed by atoms with van der Waals surface area (Å²) >= 11 is 21.6. The Morgan fingerprint density at radius 2 is 2.05 bits per heavy atom. The van der Waals surface area contributed by atoms with Gasteiger partial charge in [0, 0.05) is 6.20 Å². The van der Waals surface area contributed by atoms with Crippen molar-refractivity contribution in [3.63, 3.8) is 0 Å². The van der Waals surface area contributed by atoms with Gasteiger partial charge in [0.15, 0.2) is 5.65 Å². The Hall–Kier alpha value is -0.810. The second kappa shape index (κ2) is 5.53. The molecule has 0 bridgehead atoms. The van der Waals surface area contributed by atoms with E-state index in [4.69, 9.17) is 34.8 Å². The van der Waals surface area contributed by atoms with Crippen LogP contribution in [0.1, 0.15) is 5.82 Å². The molecule has 102 valence electrons. The number of pyridine rings is 1. The molecule has 3 aromatic rings. The Labute approximate surface area is 138 Å². The summed E-state index contributed by atoms with van der Waals surface area (Å²) in [5.41, 5.74) is 2.22. The molecule has 0 saturated heterocycles. The van der Waals surface area contributed by atoms with Crippen LogP contribution in [0.3, 0.4) is 0 Å². The van der Waals surface area contributed by atoms with Gasteiger partial charge in [-0.25, -0.2) is 9.97 Å². The predicted molar refractivity (Wildman–Crippen MR) is 86.1 cm³/mol. The third-order valence-corrected chi connectivity index (χ3v) is 4.65. The summed E-state index contributed by atoms with van der Waals surface area (Å²) in [6.45, 7) is 0. The molecule has 3 rings (SSSR count). The molecule has 0 spiro atoms. The van der Waals surface area contributed by atoms with E-state index in [0.717, 1.165) is 10.2 Å². The molecule has 7 heteroatoms. The van der Waals surface area contributed by atoms with Crippen LogP contribution in [0.15, 0.2) is 34.9 Å². The van der Waals surface area contributed by atoms with Crippen LogP contribution in [0.4, 0.5) is 0 Å². The smallest absolute Gasteiger partial charge is 0.164 e. The maximum Gasteiger partial charge on any atom is 0.164 e. The summed E-state index contributed by atoms with van der Waals surface area (Å²) < 4.78 is 2.64. The quantitative estimate of drug-likeness (QED) is 0.560. The molecule has 0 N–H and O–H groups in total. The van der Waals surface area contributed by atoms with Crippen molar-refractivity contribution in [1.29, 1.82) is 0 Å². The number of hydrogen-bond donors (Lipinski definition) is 0. The number of halogens is 4. The molecule has 0 fully saturated rings. The van der Waals surface area contributed by atoms with Crippen molar-refractivity contribution in [2.75, 3.05) is 0 Å². The molecule has 0 radical (unpaired) electrons. The van der Waals surface area contributed by atoms with E-state index in [-0.39, 0.29) is 5.88 Å². The molecular weight excluding hydrogens is 384 g/mol. The van der Waals surface area contributed by atoms with Gasteiger partial charge in [-0.05, 0) is 34.1 Å². The first-order valence-corrected chi connectivity index (χ1v) is 7.73. The van der Waals surface area contributed by atoms with Crippen molar-refractivity contribution in [2.24, 2.45) is 0 Å². The second-order valence-electron chi connectivity index (χ2n) is 4.07. The van der Waals surface area contributed by atoms with E-state index in [9.17, 15) is 0 Å². The summed E-state index contributed by atoms with van der Waals surface area (Å²) in [6.07, 6.45) is 1.58. The Morgan fingerprint density at radius 1 is 1.25 bits per heavy atom. The lowest BCUT2D eigenvalue weighted by atomic mass is 10.3. The molecule has 0 aliphatic carbocycles. The van der Waals surface area contributed by atoms with E-state index in [1.807, 2.05) is 16.7 Å². The van der Waals surface area contributed by atoms with Gasteiger partial charge >= 0.3 is 0 Å². The lowest BCUT2D eigenvalue weighted by Crippen LogP contribution is -2.01. The first kappa shape index (κ1) is 14.1. The molecule has 2 aromatic heterocycles. The van der Waals surface area contributed by atoms with Crippen LogP contribution in [0.5, 0.6) is 0 Å². The topological polar surface area (TPSA) is 30.7 Å². The fourth-order valence-corrected chi connectivity index (χ4v) is 2.94. The lowest BCUT2D eigenvalue weighted by Gasteiger charge is -2.10. The van der Waals surface area contributed by atoms with Crippen molar-refractivity contribution >= 4 is 61.9 Å². The minimum absolute atomic E-state index is 0.257. The number of imidazole rings is 1. The molecule has 20 heavy (non-hydrogen) atoms. The third-order valence-electron chi connectivity index (χ3n) is 2.82. The van der Waals surface area contributed by atoms with E-state index in [1.54, 1.807) is 18.3 Å². The van der Waals surface area contributed by atoms with E-state index >= 15 is 0 Å². The highest BCUT2D eigenvalue weighted by Crippen LogP contribution is 2.32. The van der Waals surface area contributed by atoms with Crippen LogP contribution in [0.25, 0.3) is 16.9 Å². The minimum atomic E-state index is 0.257. The number of aromatic nitrogens is 3. The Morgan fingerprint density at radius 3 is 2.80 bits per heavy atom. The van der Waals surface area contributed by atoms with Crippen molar-refractivity contribution in [2.45, 2.75) is 5.88 Å². The second-order valence-corrected chi connectivity index (χ2v) is 5.97. The first-order valence-electron chi connectivity index (χ1n) is 5.65. The number of nitrogens with zero attached hydrogens (tertiary/aromatic N) is 3. The molecule has 0 atom stereocenters. The Kier molecular flexibility index (Phi) is 3.91. The molecule has 1 aromatic carbocycles. The van der Waals surface area contributed by atoms with Crippen molar-refractivity contribution in [3.8, 4) is 5.69 Å². The third kappa shape index (κ3) is 2.31. The van der Waals surface area contributed by atoms with E-state index in [1.165, 1.54) is 0 Å². The fourth-order valence-electron chi connectivity index (χ4n) is 2.00. The Balaban J connectivity index is 2.37. The SMILES string of the molecule is ClCc1nc2cc(Cl)cnc2n1-c1cccc(Cl)c1Br. The van der Waals surface area contributed by atoms with Crippen LogP contribution in [-0.2, 0) is 5.88 Å². The van der Waals surface area contributed by atoms with E-state index < -0.39 is 0 Å². The van der Waals surface area contributed by atoms with Gasteiger partial charge in [0.25, 0.3) is 0 Å². The zero-order valence-corrected chi connectivity index (χ0v) is 13.8. The summed E-state index contributed by atoms with van der Waals surface area (Å²) in [7, 11) is 0. The minimum Gasteiger partial charge on any atom is -0.278 e. The maximum atomic E-state index is 6.15. The molecule has 2 heterocycles. The van der Waals surface area contributed by atoms with Gasteiger partial charge in [0.05, 0.1) is 26.1 Å². The lowest BCUT2D eigenvalue weighted by molar-refractivity contribution is 0.965. The molecule has 0 saturated carbocycles. The normalized spacial score (nSPS) is 11.2. The summed E-state index contributed by atoms with van der Waals surface area (Å²) in [5.74, 6) is 0.937. The highest BCUT2D eigenvalue weighted by Gasteiger charge is 2.16. The van der Waals surface area contributed by atoms with Crippen LogP contribution in [-0.4, -0.2) is 14.5 Å². The largest absolute Gasteiger partial charge is 0.278 e. The predicted octanol–water partition coefficient (Wildman–Crippen LogP) is 5.23. The number of hydrogen-bond acceptors (Lipinski definition) is 2. The van der Waals surface area contributed by atoms with Crippen LogP contribution >= 0.6 is 50.7 Å². The van der Waals surface area contributed by atoms with Gasteiger partial charge in [-0.2, -0.15) is 0 Å². The zero-order chi connectivity index (χ0) is 14.3. The molecule has 0 amide bonds. The van der Waals surface area contributed by atoms with Crippen molar-refractivity contribution < 1.29 is 0 Å². The number of benzene rings is 1. The number of rotatable bonds is 2. The van der Waals surface area contributed by atoms with Gasteiger partial charge in [0.2, 0.25) is 0 Å². The van der Waals surface area contributed by atoms with Crippen LogP contribution < -0.4 is 0 Å². The molecular formula is C13H7BrCl3N3. The van der Waals surface area contributed by atoms with Crippen LogP contribution in [0, 0.1) is 0 Å². The van der Waals surface area contributed by atoms with Gasteiger partial charge < -0.3 is 0 Å². The van der Waals surface area contributed by atoms with Gasteiger partial charge in [0.1, 0.15) is 11.3 Å². The number of alkyl halides is 1. The Bertz CT molecular complexity index is 801. The van der Waals surface area contributed by atoms with E-state index in [2.05, 4.69) is 25.9 Å². The zero-order valence-electron chi connectivity index (χ0n) is 9.95. The van der Waals surface area contributed by atoms with Crippen molar-refractivity contribution in [1.82, 2.24) is 14.5 Å². The average molecular weight is 391 g/mol. The molecule has 0 aliphatic rings. The molecule has 0 unspecified atom stereocenters. The summed E-state index contributed by atoms with van der Waals surface area (Å²) in [6, 6.07) is 7.35. The molecule has 0 aliphatic heterocycles.